The van der Waals surface area contributed by atoms with Gasteiger partial charge in [0, 0.05) is 18.8 Å². The second-order valence-corrected chi connectivity index (χ2v) is 5.45. The molecule has 1 saturated heterocycles. The van der Waals surface area contributed by atoms with Crippen molar-refractivity contribution in [3.05, 3.63) is 33.1 Å². The molecule has 7 nitrogen and oxygen atoms in total. The molecule has 1 N–H and O–H groups in total. The van der Waals surface area contributed by atoms with Crippen molar-refractivity contribution in [3.63, 3.8) is 0 Å². The number of aromatic nitrogens is 1. The summed E-state index contributed by atoms with van der Waals surface area (Å²) < 4.78 is 0. The van der Waals surface area contributed by atoms with Crippen molar-refractivity contribution in [1.29, 1.82) is 0 Å². The summed E-state index contributed by atoms with van der Waals surface area (Å²) >= 11 is 5.70. The number of likely N-dealkylation sites (tertiary alicyclic amines) is 1. The summed E-state index contributed by atoms with van der Waals surface area (Å²) in [5.74, 6) is -0.495. The van der Waals surface area contributed by atoms with Crippen molar-refractivity contribution < 1.29 is 9.72 Å². The number of hydrogen-bond acceptors (Lipinski definition) is 5. The largest absolute Gasteiger partial charge is 0.350 e. The third-order valence-corrected chi connectivity index (χ3v) is 4.00. The monoisotopic (exact) mass is 312 g/mol. The lowest BCUT2D eigenvalue weighted by molar-refractivity contribution is -0.385. The van der Waals surface area contributed by atoms with Gasteiger partial charge in [-0.15, -0.1) is 0 Å². The number of nitrogens with one attached hydrogen (secondary N) is 1. The molecule has 1 unspecified atom stereocenters. The van der Waals surface area contributed by atoms with E-state index in [2.05, 4.69) is 15.2 Å². The smallest absolute Gasteiger partial charge is 0.319 e. The highest BCUT2D eigenvalue weighted by molar-refractivity contribution is 6.32. The van der Waals surface area contributed by atoms with Crippen LogP contribution in [0.4, 0.5) is 5.69 Å². The van der Waals surface area contributed by atoms with Crippen molar-refractivity contribution >= 4 is 23.2 Å². The topological polar surface area (TPSA) is 88.4 Å². The van der Waals surface area contributed by atoms with E-state index in [0.717, 1.165) is 25.8 Å². The van der Waals surface area contributed by atoms with Crippen LogP contribution in [0, 0.1) is 10.1 Å². The van der Waals surface area contributed by atoms with Crippen LogP contribution < -0.4 is 5.32 Å². The van der Waals surface area contributed by atoms with E-state index in [1.807, 2.05) is 7.05 Å². The molecule has 1 aliphatic rings. The van der Waals surface area contributed by atoms with Crippen LogP contribution in [0.15, 0.2) is 12.3 Å². The SMILES string of the molecule is CN1CCCCC1CNC(=O)c1ccnc(Cl)c1[N+](=O)[O-]. The Morgan fingerprint density at radius 3 is 3.05 bits per heavy atom. The van der Waals surface area contributed by atoms with E-state index in [1.165, 1.54) is 12.3 Å². The van der Waals surface area contributed by atoms with Gasteiger partial charge >= 0.3 is 5.69 Å². The number of rotatable bonds is 4. The first kappa shape index (κ1) is 15.7. The van der Waals surface area contributed by atoms with E-state index in [1.54, 1.807) is 0 Å². The summed E-state index contributed by atoms with van der Waals surface area (Å²) in [4.78, 5) is 28.3. The second-order valence-electron chi connectivity index (χ2n) is 5.10. The number of amides is 1. The molecule has 0 spiro atoms. The Balaban J connectivity index is 2.07. The fraction of sp³-hybridized carbons (Fsp3) is 0.538. The van der Waals surface area contributed by atoms with Gasteiger partial charge in [0.25, 0.3) is 5.91 Å². The predicted octanol–water partition coefficient (Wildman–Crippen LogP) is 1.86. The molecule has 0 radical (unpaired) electrons. The van der Waals surface area contributed by atoms with Gasteiger partial charge in [-0.05, 0) is 32.5 Å². The van der Waals surface area contributed by atoms with Crippen LogP contribution in [-0.4, -0.2) is 46.9 Å². The molecular formula is C13H17ClN4O3. The Morgan fingerprint density at radius 2 is 2.38 bits per heavy atom. The lowest BCUT2D eigenvalue weighted by Crippen LogP contribution is -2.44. The van der Waals surface area contributed by atoms with Crippen LogP contribution in [0.5, 0.6) is 0 Å². The maximum absolute atomic E-state index is 12.2. The number of carbonyl (C=O) groups excluding carboxylic acids is 1. The molecule has 2 heterocycles. The standard InChI is InChI=1S/C13H17ClN4O3/c1-17-7-3-2-4-9(17)8-16-13(19)10-5-6-15-12(14)11(10)18(20)21/h5-6,9H,2-4,7-8H2,1H3,(H,16,19). The van der Waals surface area contributed by atoms with Crippen LogP contribution in [0.2, 0.25) is 5.15 Å². The zero-order chi connectivity index (χ0) is 15.4. The van der Waals surface area contributed by atoms with Gasteiger partial charge in [-0.3, -0.25) is 14.9 Å². The lowest BCUT2D eigenvalue weighted by atomic mass is 10.0. The maximum atomic E-state index is 12.2. The summed E-state index contributed by atoms with van der Waals surface area (Å²) in [6, 6.07) is 1.57. The highest BCUT2D eigenvalue weighted by atomic mass is 35.5. The fourth-order valence-corrected chi connectivity index (χ4v) is 2.72. The van der Waals surface area contributed by atoms with Crippen molar-refractivity contribution in [2.45, 2.75) is 25.3 Å². The van der Waals surface area contributed by atoms with Crippen molar-refractivity contribution in [1.82, 2.24) is 15.2 Å². The number of halogens is 1. The van der Waals surface area contributed by atoms with Gasteiger partial charge in [0.1, 0.15) is 5.56 Å². The molecule has 1 amide bonds. The number of nitro groups is 1. The molecule has 0 aromatic carbocycles. The van der Waals surface area contributed by atoms with Crippen molar-refractivity contribution in [3.8, 4) is 0 Å². The Morgan fingerprint density at radius 1 is 1.62 bits per heavy atom. The average molecular weight is 313 g/mol. The van der Waals surface area contributed by atoms with Gasteiger partial charge in [0.15, 0.2) is 0 Å². The zero-order valence-electron chi connectivity index (χ0n) is 11.7. The highest BCUT2D eigenvalue weighted by Crippen LogP contribution is 2.25. The van der Waals surface area contributed by atoms with E-state index >= 15 is 0 Å². The summed E-state index contributed by atoms with van der Waals surface area (Å²) in [7, 11) is 2.02. The van der Waals surface area contributed by atoms with Crippen LogP contribution in [0.3, 0.4) is 0 Å². The number of nitrogens with zero attached hydrogens (tertiary/aromatic N) is 3. The predicted molar refractivity (Wildman–Crippen MR) is 78.5 cm³/mol. The van der Waals surface area contributed by atoms with Crippen molar-refractivity contribution in [2.75, 3.05) is 20.1 Å². The van der Waals surface area contributed by atoms with E-state index in [0.29, 0.717) is 6.54 Å². The second kappa shape index (κ2) is 6.82. The number of carbonyl (C=O) groups is 1. The van der Waals surface area contributed by atoms with Gasteiger partial charge in [-0.1, -0.05) is 18.0 Å². The number of likely N-dealkylation sites (N-methyl/N-ethyl adjacent to an activating group) is 1. The van der Waals surface area contributed by atoms with Crippen LogP contribution >= 0.6 is 11.6 Å². The van der Waals surface area contributed by atoms with E-state index in [4.69, 9.17) is 11.6 Å². The first-order valence-electron chi connectivity index (χ1n) is 6.78. The Hall–Kier alpha value is -1.73. The van der Waals surface area contributed by atoms with E-state index in [9.17, 15) is 14.9 Å². The highest BCUT2D eigenvalue weighted by Gasteiger charge is 2.26. The molecule has 0 aliphatic carbocycles. The van der Waals surface area contributed by atoms with Crippen molar-refractivity contribution in [2.24, 2.45) is 0 Å². The molecule has 1 atom stereocenters. The minimum atomic E-state index is -0.684. The molecule has 8 heteroatoms. The van der Waals surface area contributed by atoms with Gasteiger partial charge in [0.2, 0.25) is 5.15 Å². The number of piperidine rings is 1. The minimum absolute atomic E-state index is 0.0570. The van der Waals surface area contributed by atoms with Gasteiger partial charge in [-0.2, -0.15) is 0 Å². The number of pyridine rings is 1. The van der Waals surface area contributed by atoms with Gasteiger partial charge < -0.3 is 10.2 Å². The Kier molecular flexibility index (Phi) is 5.08. The molecule has 0 bridgehead atoms. The summed E-state index contributed by atoms with van der Waals surface area (Å²) in [6.07, 6.45) is 4.59. The number of hydrogen-bond donors (Lipinski definition) is 1. The third kappa shape index (κ3) is 3.68. The summed E-state index contributed by atoms with van der Waals surface area (Å²) in [6.45, 7) is 1.47. The maximum Gasteiger partial charge on any atom is 0.319 e. The normalized spacial score (nSPS) is 19.2. The first-order valence-corrected chi connectivity index (χ1v) is 7.16. The van der Waals surface area contributed by atoms with E-state index < -0.39 is 16.5 Å². The third-order valence-electron chi connectivity index (χ3n) is 3.73. The van der Waals surface area contributed by atoms with Crippen LogP contribution in [0.1, 0.15) is 29.6 Å². The molecule has 114 valence electrons. The minimum Gasteiger partial charge on any atom is -0.350 e. The molecule has 1 aromatic rings. The first-order chi connectivity index (χ1) is 10.0. The molecule has 21 heavy (non-hydrogen) atoms. The van der Waals surface area contributed by atoms with E-state index in [-0.39, 0.29) is 16.8 Å². The Bertz CT molecular complexity index is 552. The zero-order valence-corrected chi connectivity index (χ0v) is 12.5. The van der Waals surface area contributed by atoms with Crippen LogP contribution in [0.25, 0.3) is 0 Å². The molecule has 1 aromatic heterocycles. The molecular weight excluding hydrogens is 296 g/mol. The molecule has 1 fully saturated rings. The molecule has 0 saturated carbocycles. The average Bonchev–Trinajstić information content (AvgIpc) is 2.45. The Labute approximate surface area is 127 Å². The molecule has 1 aliphatic heterocycles. The molecule has 2 rings (SSSR count). The van der Waals surface area contributed by atoms with Crippen LogP contribution in [-0.2, 0) is 0 Å². The fourth-order valence-electron chi connectivity index (χ4n) is 2.49. The summed E-state index contributed by atoms with van der Waals surface area (Å²) in [5.41, 5.74) is -0.507. The van der Waals surface area contributed by atoms with Gasteiger partial charge in [0.05, 0.1) is 4.92 Å². The summed E-state index contributed by atoms with van der Waals surface area (Å²) in [5, 5.41) is 13.5. The lowest BCUT2D eigenvalue weighted by Gasteiger charge is -2.32. The quantitative estimate of drug-likeness (QED) is 0.521. The van der Waals surface area contributed by atoms with Gasteiger partial charge in [-0.25, -0.2) is 4.98 Å².